The molecule has 2 heterocycles. The third kappa shape index (κ3) is 1.85. The highest BCUT2D eigenvalue weighted by Gasteiger charge is 2.41. The average molecular weight is 334 g/mol. The molecule has 3 nitrogen and oxygen atoms in total. The largest absolute Gasteiger partial charge is 0.324 e. The van der Waals surface area contributed by atoms with E-state index in [-0.39, 0.29) is 5.41 Å². The molecule has 1 saturated heterocycles. The number of benzene rings is 1. The molecule has 1 aromatic carbocycles. The smallest absolute Gasteiger partial charge is 0.117 e. The number of aromatic nitrogens is 2. The molecular weight excluding hydrogens is 314 g/mol. The molecule has 1 saturated carbocycles. The lowest BCUT2D eigenvalue weighted by Crippen LogP contribution is -2.31. The van der Waals surface area contributed by atoms with Crippen LogP contribution in [-0.4, -0.2) is 22.6 Å². The van der Waals surface area contributed by atoms with E-state index in [4.69, 9.17) is 4.98 Å². The molecule has 2 fully saturated rings. The van der Waals surface area contributed by atoms with Crippen LogP contribution in [0.4, 0.5) is 0 Å². The Morgan fingerprint density at radius 3 is 2.95 bits per heavy atom. The van der Waals surface area contributed by atoms with Crippen molar-refractivity contribution in [3.63, 3.8) is 0 Å². The van der Waals surface area contributed by atoms with E-state index >= 15 is 0 Å². The summed E-state index contributed by atoms with van der Waals surface area (Å²) >= 11 is 3.57. The van der Waals surface area contributed by atoms with Crippen LogP contribution < -0.4 is 5.32 Å². The molecule has 1 aliphatic heterocycles. The van der Waals surface area contributed by atoms with E-state index in [2.05, 4.69) is 50.9 Å². The zero-order valence-electron chi connectivity index (χ0n) is 11.8. The van der Waals surface area contributed by atoms with Gasteiger partial charge in [0.15, 0.2) is 0 Å². The van der Waals surface area contributed by atoms with Gasteiger partial charge in [-0.15, -0.1) is 0 Å². The minimum Gasteiger partial charge on any atom is -0.324 e. The standard InChI is InChI=1S/C16H20BrN3/c1-2-16(7-8-18-10-16)15-19-13-9-11(17)3-6-14(13)20(15)12-4-5-12/h3,6,9,12,18H,2,4-5,7-8,10H2,1H3. The molecular formula is C16H20BrN3. The normalized spacial score (nSPS) is 26.5. The molecule has 0 amide bonds. The maximum Gasteiger partial charge on any atom is 0.117 e. The number of nitrogens with one attached hydrogen (secondary N) is 1. The number of nitrogens with zero attached hydrogens (tertiary/aromatic N) is 2. The summed E-state index contributed by atoms with van der Waals surface area (Å²) in [5.41, 5.74) is 2.68. The highest BCUT2D eigenvalue weighted by atomic mass is 79.9. The van der Waals surface area contributed by atoms with Crippen molar-refractivity contribution in [2.24, 2.45) is 0 Å². The van der Waals surface area contributed by atoms with Gasteiger partial charge in [0.2, 0.25) is 0 Å². The predicted molar refractivity (Wildman–Crippen MR) is 85.2 cm³/mol. The summed E-state index contributed by atoms with van der Waals surface area (Å²) < 4.78 is 3.66. The van der Waals surface area contributed by atoms with Crippen LogP contribution in [-0.2, 0) is 5.41 Å². The van der Waals surface area contributed by atoms with Crippen molar-refractivity contribution < 1.29 is 0 Å². The second kappa shape index (κ2) is 4.57. The Hall–Kier alpha value is -0.870. The Morgan fingerprint density at radius 2 is 2.30 bits per heavy atom. The van der Waals surface area contributed by atoms with Crippen LogP contribution >= 0.6 is 15.9 Å². The van der Waals surface area contributed by atoms with Crippen LogP contribution in [0, 0.1) is 0 Å². The summed E-state index contributed by atoms with van der Waals surface area (Å²) in [6, 6.07) is 7.20. The first-order valence-electron chi connectivity index (χ1n) is 7.62. The van der Waals surface area contributed by atoms with Gasteiger partial charge in [-0.2, -0.15) is 0 Å². The molecule has 2 aromatic rings. The summed E-state index contributed by atoms with van der Waals surface area (Å²) in [6.07, 6.45) is 4.99. The van der Waals surface area contributed by atoms with Crippen molar-refractivity contribution in [1.82, 2.24) is 14.9 Å². The van der Waals surface area contributed by atoms with Gasteiger partial charge in [0, 0.05) is 22.5 Å². The molecule has 20 heavy (non-hydrogen) atoms. The lowest BCUT2D eigenvalue weighted by atomic mass is 9.83. The third-order valence-corrected chi connectivity index (χ3v) is 5.45. The second-order valence-electron chi connectivity index (χ2n) is 6.23. The van der Waals surface area contributed by atoms with E-state index < -0.39 is 0 Å². The summed E-state index contributed by atoms with van der Waals surface area (Å²) in [7, 11) is 0. The first kappa shape index (κ1) is 12.8. The van der Waals surface area contributed by atoms with Crippen molar-refractivity contribution in [3.05, 3.63) is 28.5 Å². The zero-order chi connectivity index (χ0) is 13.7. The van der Waals surface area contributed by atoms with Crippen LogP contribution in [0.1, 0.15) is 44.5 Å². The van der Waals surface area contributed by atoms with Crippen LogP contribution in [0.15, 0.2) is 22.7 Å². The van der Waals surface area contributed by atoms with E-state index in [1.807, 2.05) is 0 Å². The molecule has 0 radical (unpaired) electrons. The Labute approximate surface area is 127 Å². The highest BCUT2D eigenvalue weighted by molar-refractivity contribution is 9.10. The molecule has 0 bridgehead atoms. The summed E-state index contributed by atoms with van der Waals surface area (Å²) in [4.78, 5) is 5.05. The monoisotopic (exact) mass is 333 g/mol. The predicted octanol–water partition coefficient (Wildman–Crippen LogP) is 3.77. The van der Waals surface area contributed by atoms with Gasteiger partial charge in [-0.3, -0.25) is 0 Å². The summed E-state index contributed by atoms with van der Waals surface area (Å²) in [5.74, 6) is 1.32. The van der Waals surface area contributed by atoms with Crippen molar-refractivity contribution in [1.29, 1.82) is 0 Å². The number of hydrogen-bond donors (Lipinski definition) is 1. The van der Waals surface area contributed by atoms with Crippen molar-refractivity contribution >= 4 is 27.0 Å². The number of hydrogen-bond acceptors (Lipinski definition) is 2. The number of imidazole rings is 1. The van der Waals surface area contributed by atoms with E-state index in [0.29, 0.717) is 6.04 Å². The number of halogens is 1. The molecule has 1 aliphatic carbocycles. The van der Waals surface area contributed by atoms with Crippen LogP contribution in [0.5, 0.6) is 0 Å². The van der Waals surface area contributed by atoms with Gasteiger partial charge >= 0.3 is 0 Å². The quantitative estimate of drug-likeness (QED) is 0.926. The average Bonchev–Trinajstić information content (AvgIpc) is 3.04. The fraction of sp³-hybridized carbons (Fsp3) is 0.562. The Morgan fingerprint density at radius 1 is 1.45 bits per heavy atom. The topological polar surface area (TPSA) is 29.9 Å². The molecule has 1 unspecified atom stereocenters. The van der Waals surface area contributed by atoms with Gasteiger partial charge in [0.25, 0.3) is 0 Å². The minimum absolute atomic E-state index is 0.230. The third-order valence-electron chi connectivity index (χ3n) is 4.96. The zero-order valence-corrected chi connectivity index (χ0v) is 13.4. The van der Waals surface area contributed by atoms with E-state index in [9.17, 15) is 0 Å². The fourth-order valence-electron chi connectivity index (χ4n) is 3.54. The molecule has 1 aromatic heterocycles. The molecule has 4 heteroatoms. The van der Waals surface area contributed by atoms with Gasteiger partial charge in [-0.05, 0) is 50.4 Å². The Balaban J connectivity index is 1.95. The molecule has 2 aliphatic rings. The van der Waals surface area contributed by atoms with Gasteiger partial charge < -0.3 is 9.88 Å². The van der Waals surface area contributed by atoms with Gasteiger partial charge in [-0.25, -0.2) is 4.98 Å². The van der Waals surface area contributed by atoms with Crippen LogP contribution in [0.3, 0.4) is 0 Å². The van der Waals surface area contributed by atoms with Crippen molar-refractivity contribution in [2.45, 2.75) is 44.1 Å². The number of rotatable bonds is 3. The minimum atomic E-state index is 0.230. The van der Waals surface area contributed by atoms with Crippen molar-refractivity contribution in [2.75, 3.05) is 13.1 Å². The fourth-order valence-corrected chi connectivity index (χ4v) is 3.89. The lowest BCUT2D eigenvalue weighted by molar-refractivity contribution is 0.406. The van der Waals surface area contributed by atoms with Gasteiger partial charge in [0.05, 0.1) is 11.0 Å². The van der Waals surface area contributed by atoms with E-state index in [0.717, 1.165) is 29.5 Å². The lowest BCUT2D eigenvalue weighted by Gasteiger charge is -2.27. The maximum absolute atomic E-state index is 5.05. The molecule has 1 atom stereocenters. The van der Waals surface area contributed by atoms with E-state index in [1.165, 1.54) is 30.6 Å². The van der Waals surface area contributed by atoms with Gasteiger partial charge in [-0.1, -0.05) is 22.9 Å². The molecule has 0 spiro atoms. The Bertz CT molecular complexity index is 651. The number of fused-ring (bicyclic) bond motifs is 1. The first-order chi connectivity index (χ1) is 9.73. The molecule has 4 rings (SSSR count). The van der Waals surface area contributed by atoms with Crippen LogP contribution in [0.25, 0.3) is 11.0 Å². The van der Waals surface area contributed by atoms with Gasteiger partial charge in [0.1, 0.15) is 5.82 Å². The Kier molecular flexibility index (Phi) is 2.93. The molecule has 1 N–H and O–H groups in total. The first-order valence-corrected chi connectivity index (χ1v) is 8.41. The SMILES string of the molecule is CCC1(c2nc3cc(Br)ccc3n2C2CC2)CCNC1. The maximum atomic E-state index is 5.05. The summed E-state index contributed by atoms with van der Waals surface area (Å²) in [6.45, 7) is 4.49. The van der Waals surface area contributed by atoms with E-state index in [1.54, 1.807) is 0 Å². The second-order valence-corrected chi connectivity index (χ2v) is 7.15. The highest BCUT2D eigenvalue weighted by Crippen LogP contribution is 2.44. The summed E-state index contributed by atoms with van der Waals surface area (Å²) in [5, 5.41) is 3.54. The van der Waals surface area contributed by atoms with Crippen LogP contribution in [0.2, 0.25) is 0 Å². The molecule has 106 valence electrons. The van der Waals surface area contributed by atoms with Crippen molar-refractivity contribution in [3.8, 4) is 0 Å².